The van der Waals surface area contributed by atoms with E-state index in [1.165, 1.54) is 0 Å². The summed E-state index contributed by atoms with van der Waals surface area (Å²) in [6, 6.07) is 0.586. The largest absolute Gasteiger partial charge is 0.303 e. The van der Waals surface area contributed by atoms with Gasteiger partial charge in [0.25, 0.3) is 0 Å². The molecule has 0 aromatic carbocycles. The second-order valence-corrected chi connectivity index (χ2v) is 3.82. The van der Waals surface area contributed by atoms with Gasteiger partial charge in [-0.1, -0.05) is 6.92 Å². The molecule has 0 unspecified atom stereocenters. The number of likely N-dealkylation sites (tertiary alicyclic amines) is 1. The van der Waals surface area contributed by atoms with E-state index in [9.17, 15) is 4.79 Å². The van der Waals surface area contributed by atoms with Crippen molar-refractivity contribution in [2.24, 2.45) is 11.8 Å². The summed E-state index contributed by atoms with van der Waals surface area (Å²) in [5, 5.41) is 0. The van der Waals surface area contributed by atoms with Crippen molar-refractivity contribution < 1.29 is 4.79 Å². The molecular weight excluding hydrogens is 138 g/mol. The van der Waals surface area contributed by atoms with Crippen molar-refractivity contribution in [3.8, 4) is 0 Å². The maximum atomic E-state index is 10.6. The van der Waals surface area contributed by atoms with Gasteiger partial charge < -0.3 is 4.79 Å². The minimum atomic E-state index is 0.275. The fraction of sp³-hybridized carbons (Fsp3) is 0.889. The number of hydrogen-bond donors (Lipinski definition) is 0. The zero-order valence-corrected chi connectivity index (χ0v) is 7.58. The predicted molar refractivity (Wildman–Crippen MR) is 45.4 cm³/mol. The summed E-state index contributed by atoms with van der Waals surface area (Å²) < 4.78 is 0. The molecule has 11 heavy (non-hydrogen) atoms. The van der Waals surface area contributed by atoms with Gasteiger partial charge in [-0.15, -0.1) is 0 Å². The van der Waals surface area contributed by atoms with E-state index in [0.29, 0.717) is 12.0 Å². The third-order valence-electron chi connectivity index (χ3n) is 2.60. The third-order valence-corrected chi connectivity index (χ3v) is 2.60. The van der Waals surface area contributed by atoms with E-state index in [2.05, 4.69) is 25.7 Å². The zero-order chi connectivity index (χ0) is 8.43. The van der Waals surface area contributed by atoms with Crippen molar-refractivity contribution >= 4 is 6.29 Å². The quantitative estimate of drug-likeness (QED) is 0.558. The Bertz CT molecular complexity index is 144. The summed E-state index contributed by atoms with van der Waals surface area (Å²) in [5.74, 6) is 0.826. The molecule has 2 atom stereocenters. The molecule has 0 amide bonds. The van der Waals surface area contributed by atoms with Crippen LogP contribution in [0.15, 0.2) is 0 Å². The molecule has 0 bridgehead atoms. The first-order chi connectivity index (χ1) is 5.15. The molecule has 64 valence electrons. The Hall–Kier alpha value is -0.370. The van der Waals surface area contributed by atoms with E-state index < -0.39 is 0 Å². The Kier molecular flexibility index (Phi) is 2.66. The highest BCUT2D eigenvalue weighted by molar-refractivity contribution is 5.55. The van der Waals surface area contributed by atoms with Crippen LogP contribution in [-0.2, 0) is 4.79 Å². The van der Waals surface area contributed by atoms with Gasteiger partial charge in [-0.2, -0.15) is 0 Å². The van der Waals surface area contributed by atoms with Crippen molar-refractivity contribution in [1.82, 2.24) is 4.90 Å². The topological polar surface area (TPSA) is 20.3 Å². The number of carbonyl (C=O) groups excluding carboxylic acids is 1. The summed E-state index contributed by atoms with van der Waals surface area (Å²) in [6.07, 6.45) is 1.10. The zero-order valence-electron chi connectivity index (χ0n) is 7.58. The van der Waals surface area contributed by atoms with Crippen LogP contribution < -0.4 is 0 Å². The van der Waals surface area contributed by atoms with Crippen LogP contribution in [0, 0.1) is 11.8 Å². The van der Waals surface area contributed by atoms with E-state index in [0.717, 1.165) is 19.4 Å². The molecule has 1 heterocycles. The lowest BCUT2D eigenvalue weighted by Crippen LogP contribution is -2.28. The molecule has 1 fully saturated rings. The Morgan fingerprint density at radius 1 is 1.45 bits per heavy atom. The van der Waals surface area contributed by atoms with Crippen LogP contribution in [0.2, 0.25) is 0 Å². The summed E-state index contributed by atoms with van der Waals surface area (Å²) in [6.45, 7) is 8.56. The maximum absolute atomic E-state index is 10.6. The molecule has 0 saturated carbocycles. The maximum Gasteiger partial charge on any atom is 0.124 e. The first-order valence-electron chi connectivity index (χ1n) is 4.34. The van der Waals surface area contributed by atoms with Crippen LogP contribution in [0.5, 0.6) is 0 Å². The monoisotopic (exact) mass is 155 g/mol. The molecule has 2 nitrogen and oxygen atoms in total. The summed E-state index contributed by atoms with van der Waals surface area (Å²) in [5.41, 5.74) is 0. The highest BCUT2D eigenvalue weighted by Gasteiger charge is 2.29. The van der Waals surface area contributed by atoms with Gasteiger partial charge in [0.2, 0.25) is 0 Å². The van der Waals surface area contributed by atoms with Gasteiger partial charge in [0.1, 0.15) is 6.29 Å². The van der Waals surface area contributed by atoms with Crippen LogP contribution in [0.25, 0.3) is 0 Å². The Labute approximate surface area is 68.6 Å². The number of hydrogen-bond acceptors (Lipinski definition) is 2. The summed E-state index contributed by atoms with van der Waals surface area (Å²) in [7, 11) is 0. The van der Waals surface area contributed by atoms with Crippen molar-refractivity contribution in [1.29, 1.82) is 0 Å². The molecule has 1 aliphatic heterocycles. The van der Waals surface area contributed by atoms with Crippen molar-refractivity contribution in [3.63, 3.8) is 0 Å². The number of aldehydes is 1. The van der Waals surface area contributed by atoms with E-state index >= 15 is 0 Å². The molecule has 1 saturated heterocycles. The van der Waals surface area contributed by atoms with Gasteiger partial charge in [-0.25, -0.2) is 0 Å². The van der Waals surface area contributed by atoms with Crippen LogP contribution in [0.1, 0.15) is 20.8 Å². The molecule has 0 aliphatic carbocycles. The van der Waals surface area contributed by atoms with Gasteiger partial charge >= 0.3 is 0 Å². The van der Waals surface area contributed by atoms with Gasteiger partial charge in [-0.05, 0) is 19.8 Å². The Morgan fingerprint density at radius 2 is 2.09 bits per heavy atom. The lowest BCUT2D eigenvalue weighted by atomic mass is 10.0. The standard InChI is InChI=1S/C9H17NO/c1-7(2)10-4-8(3)9(5-10)6-11/h6-9H,4-5H2,1-3H3/t8-,9-/m0/s1. The van der Waals surface area contributed by atoms with Crippen LogP contribution in [0.3, 0.4) is 0 Å². The second kappa shape index (κ2) is 3.35. The first-order valence-corrected chi connectivity index (χ1v) is 4.34. The molecule has 1 rings (SSSR count). The van der Waals surface area contributed by atoms with Crippen molar-refractivity contribution in [2.75, 3.05) is 13.1 Å². The van der Waals surface area contributed by atoms with Gasteiger partial charge in [-0.3, -0.25) is 4.90 Å². The van der Waals surface area contributed by atoms with E-state index in [-0.39, 0.29) is 5.92 Å². The smallest absolute Gasteiger partial charge is 0.124 e. The van der Waals surface area contributed by atoms with E-state index in [1.807, 2.05) is 0 Å². The molecule has 1 aliphatic rings. The first kappa shape index (κ1) is 8.72. The number of rotatable bonds is 2. The number of carbonyl (C=O) groups is 1. The molecule has 2 heteroatoms. The molecule has 0 N–H and O–H groups in total. The average molecular weight is 155 g/mol. The normalized spacial score (nSPS) is 33.1. The lowest BCUT2D eigenvalue weighted by Gasteiger charge is -2.19. The van der Waals surface area contributed by atoms with E-state index in [4.69, 9.17) is 0 Å². The molecule has 0 aromatic rings. The number of nitrogens with zero attached hydrogens (tertiary/aromatic N) is 1. The molecule has 0 spiro atoms. The second-order valence-electron chi connectivity index (χ2n) is 3.82. The summed E-state index contributed by atoms with van der Waals surface area (Å²) >= 11 is 0. The van der Waals surface area contributed by atoms with Crippen molar-refractivity contribution in [2.45, 2.75) is 26.8 Å². The SMILES string of the molecule is CC(C)N1C[C@@H](C=O)[C@@H](C)C1. The Morgan fingerprint density at radius 3 is 2.36 bits per heavy atom. The lowest BCUT2D eigenvalue weighted by molar-refractivity contribution is -0.111. The van der Waals surface area contributed by atoms with Gasteiger partial charge in [0.15, 0.2) is 0 Å². The molecule has 0 radical (unpaired) electrons. The van der Waals surface area contributed by atoms with Gasteiger partial charge in [0, 0.05) is 25.0 Å². The van der Waals surface area contributed by atoms with Gasteiger partial charge in [0.05, 0.1) is 0 Å². The molecular formula is C9H17NO. The Balaban J connectivity index is 2.49. The average Bonchev–Trinajstić information content (AvgIpc) is 2.31. The van der Waals surface area contributed by atoms with Crippen LogP contribution in [-0.4, -0.2) is 30.3 Å². The fourth-order valence-corrected chi connectivity index (χ4v) is 1.63. The fourth-order valence-electron chi connectivity index (χ4n) is 1.63. The summed E-state index contributed by atoms with van der Waals surface area (Å²) in [4.78, 5) is 12.9. The van der Waals surface area contributed by atoms with Crippen LogP contribution in [0.4, 0.5) is 0 Å². The third kappa shape index (κ3) is 1.80. The minimum Gasteiger partial charge on any atom is -0.303 e. The molecule has 0 aromatic heterocycles. The van der Waals surface area contributed by atoms with Crippen molar-refractivity contribution in [3.05, 3.63) is 0 Å². The van der Waals surface area contributed by atoms with Crippen LogP contribution >= 0.6 is 0 Å². The minimum absolute atomic E-state index is 0.275. The predicted octanol–water partition coefficient (Wildman–Crippen LogP) is 1.16. The van der Waals surface area contributed by atoms with E-state index in [1.54, 1.807) is 0 Å². The highest BCUT2D eigenvalue weighted by Crippen LogP contribution is 2.22. The highest BCUT2D eigenvalue weighted by atomic mass is 16.1.